The summed E-state index contributed by atoms with van der Waals surface area (Å²) in [7, 11) is 0. The lowest BCUT2D eigenvalue weighted by Gasteiger charge is -2.35. The standard InChI is InChI=1S/C17H25N2/c1-3-7-16(8-4-1)15-18-11-13-19(14-12-18)17-9-5-2-6-10-17/h1,3-4,7-8,15,17H,2,5-6,9-14H2/q+1. The van der Waals surface area contributed by atoms with Gasteiger partial charge in [-0.3, -0.25) is 4.90 Å². The maximum atomic E-state index is 2.73. The average molecular weight is 257 g/mol. The molecule has 2 heteroatoms. The molecule has 0 aromatic heterocycles. The molecule has 0 bridgehead atoms. The second-order valence-electron chi connectivity index (χ2n) is 5.90. The van der Waals surface area contributed by atoms with E-state index in [4.69, 9.17) is 0 Å². The molecule has 0 atom stereocenters. The second-order valence-corrected chi connectivity index (χ2v) is 5.90. The molecule has 2 fully saturated rings. The smallest absolute Gasteiger partial charge is 0.170 e. The van der Waals surface area contributed by atoms with Gasteiger partial charge in [-0.1, -0.05) is 37.5 Å². The predicted molar refractivity (Wildman–Crippen MR) is 80.0 cm³/mol. The molecule has 1 saturated carbocycles. The van der Waals surface area contributed by atoms with Crippen LogP contribution in [0.15, 0.2) is 30.3 Å². The molecule has 0 unspecified atom stereocenters. The van der Waals surface area contributed by atoms with Crippen LogP contribution >= 0.6 is 0 Å². The van der Waals surface area contributed by atoms with Crippen molar-refractivity contribution >= 4 is 6.21 Å². The van der Waals surface area contributed by atoms with Gasteiger partial charge in [0, 0.05) is 11.6 Å². The van der Waals surface area contributed by atoms with Gasteiger partial charge in [-0.2, -0.15) is 0 Å². The third kappa shape index (κ3) is 3.44. The van der Waals surface area contributed by atoms with Gasteiger partial charge in [-0.15, -0.1) is 0 Å². The molecule has 0 N–H and O–H groups in total. The minimum Gasteiger partial charge on any atom is -0.288 e. The van der Waals surface area contributed by atoms with Gasteiger partial charge in [0.1, 0.15) is 0 Å². The first-order valence-corrected chi connectivity index (χ1v) is 7.80. The SMILES string of the molecule is C(c1ccccc1)=[N+]1CCN(C2CCCCC2)CC1. The van der Waals surface area contributed by atoms with Gasteiger partial charge in [0.15, 0.2) is 19.3 Å². The van der Waals surface area contributed by atoms with Crippen LogP contribution in [0.25, 0.3) is 0 Å². The van der Waals surface area contributed by atoms with E-state index in [2.05, 4.69) is 46.0 Å². The van der Waals surface area contributed by atoms with Crippen molar-refractivity contribution in [1.82, 2.24) is 4.90 Å². The van der Waals surface area contributed by atoms with Crippen LogP contribution in [0.1, 0.15) is 37.7 Å². The maximum Gasteiger partial charge on any atom is 0.170 e. The summed E-state index contributed by atoms with van der Waals surface area (Å²) in [6.45, 7) is 4.86. The molecular weight excluding hydrogens is 232 g/mol. The largest absolute Gasteiger partial charge is 0.288 e. The molecule has 3 rings (SSSR count). The van der Waals surface area contributed by atoms with Crippen LogP contribution in [0.4, 0.5) is 0 Å². The average Bonchev–Trinajstić information content (AvgIpc) is 2.50. The summed E-state index contributed by atoms with van der Waals surface area (Å²) in [6, 6.07) is 11.6. The predicted octanol–water partition coefficient (Wildman–Crippen LogP) is 2.77. The third-order valence-electron chi connectivity index (χ3n) is 4.57. The van der Waals surface area contributed by atoms with Gasteiger partial charge < -0.3 is 0 Å². The Bertz CT molecular complexity index is 408. The lowest BCUT2D eigenvalue weighted by atomic mass is 9.94. The molecule has 2 nitrogen and oxygen atoms in total. The fourth-order valence-electron chi connectivity index (χ4n) is 3.43. The van der Waals surface area contributed by atoms with Gasteiger partial charge >= 0.3 is 0 Å². The van der Waals surface area contributed by atoms with Crippen LogP contribution in [0.2, 0.25) is 0 Å². The normalized spacial score (nSPS) is 22.4. The van der Waals surface area contributed by atoms with Crippen molar-refractivity contribution in [3.63, 3.8) is 0 Å². The number of hydrogen-bond donors (Lipinski definition) is 0. The molecule has 19 heavy (non-hydrogen) atoms. The number of hydrogen-bond acceptors (Lipinski definition) is 1. The van der Waals surface area contributed by atoms with Crippen molar-refractivity contribution < 1.29 is 4.58 Å². The Kier molecular flexibility index (Phi) is 4.29. The Labute approximate surface area is 116 Å². The second kappa shape index (κ2) is 6.33. The van der Waals surface area contributed by atoms with E-state index in [0.717, 1.165) is 6.04 Å². The highest BCUT2D eigenvalue weighted by Gasteiger charge is 2.26. The third-order valence-corrected chi connectivity index (χ3v) is 4.57. The quantitative estimate of drug-likeness (QED) is 0.738. The summed E-state index contributed by atoms with van der Waals surface area (Å²) in [5.41, 5.74) is 1.33. The fraction of sp³-hybridized carbons (Fsp3) is 0.588. The Hall–Kier alpha value is -1.15. The van der Waals surface area contributed by atoms with Gasteiger partial charge in [-0.25, -0.2) is 4.58 Å². The molecule has 1 aromatic rings. The zero-order valence-corrected chi connectivity index (χ0v) is 11.8. The zero-order chi connectivity index (χ0) is 12.9. The van der Waals surface area contributed by atoms with Gasteiger partial charge in [0.2, 0.25) is 0 Å². The summed E-state index contributed by atoms with van der Waals surface area (Å²) < 4.78 is 2.48. The van der Waals surface area contributed by atoms with Crippen molar-refractivity contribution in [2.45, 2.75) is 38.1 Å². The highest BCUT2D eigenvalue weighted by Crippen LogP contribution is 2.22. The molecule has 0 spiro atoms. The van der Waals surface area contributed by atoms with E-state index < -0.39 is 0 Å². The lowest BCUT2D eigenvalue weighted by molar-refractivity contribution is -0.536. The highest BCUT2D eigenvalue weighted by molar-refractivity contribution is 5.75. The Morgan fingerprint density at radius 1 is 0.947 bits per heavy atom. The van der Waals surface area contributed by atoms with Gasteiger partial charge in [-0.05, 0) is 25.0 Å². The summed E-state index contributed by atoms with van der Waals surface area (Å²) in [5.74, 6) is 0. The minimum absolute atomic E-state index is 0.882. The lowest BCUT2D eigenvalue weighted by Crippen LogP contribution is -2.48. The number of benzene rings is 1. The van der Waals surface area contributed by atoms with Crippen LogP contribution in [-0.2, 0) is 0 Å². The van der Waals surface area contributed by atoms with Crippen molar-refractivity contribution in [1.29, 1.82) is 0 Å². The summed E-state index contributed by atoms with van der Waals surface area (Å²) in [4.78, 5) is 2.73. The molecule has 2 aliphatic rings. The molecule has 1 aliphatic heterocycles. The van der Waals surface area contributed by atoms with E-state index in [1.165, 1.54) is 63.8 Å². The van der Waals surface area contributed by atoms with E-state index in [9.17, 15) is 0 Å². The van der Waals surface area contributed by atoms with Crippen molar-refractivity contribution in [3.8, 4) is 0 Å². The van der Waals surface area contributed by atoms with Crippen LogP contribution in [0, 0.1) is 0 Å². The summed E-state index contributed by atoms with van der Waals surface area (Å²) >= 11 is 0. The first kappa shape index (κ1) is 12.9. The minimum atomic E-state index is 0.882. The van der Waals surface area contributed by atoms with Gasteiger partial charge in [0.25, 0.3) is 0 Å². The highest BCUT2D eigenvalue weighted by atomic mass is 15.2. The molecule has 1 saturated heterocycles. The molecule has 1 heterocycles. The Balaban J connectivity index is 1.55. The Morgan fingerprint density at radius 3 is 2.32 bits per heavy atom. The number of rotatable bonds is 2. The van der Waals surface area contributed by atoms with E-state index >= 15 is 0 Å². The fourth-order valence-corrected chi connectivity index (χ4v) is 3.43. The van der Waals surface area contributed by atoms with Crippen molar-refractivity contribution in [3.05, 3.63) is 35.9 Å². The van der Waals surface area contributed by atoms with E-state index in [1.807, 2.05) is 0 Å². The molecule has 0 radical (unpaired) electrons. The van der Waals surface area contributed by atoms with Gasteiger partial charge in [0.05, 0.1) is 13.1 Å². The molecule has 0 amide bonds. The number of piperazine rings is 1. The van der Waals surface area contributed by atoms with Crippen LogP contribution in [0.3, 0.4) is 0 Å². The molecule has 102 valence electrons. The van der Waals surface area contributed by atoms with Crippen molar-refractivity contribution in [2.24, 2.45) is 0 Å². The summed E-state index contributed by atoms with van der Waals surface area (Å²) in [5, 5.41) is 0. The van der Waals surface area contributed by atoms with Crippen LogP contribution < -0.4 is 0 Å². The topological polar surface area (TPSA) is 6.25 Å². The molecule has 1 aliphatic carbocycles. The van der Waals surface area contributed by atoms with Crippen LogP contribution in [0.5, 0.6) is 0 Å². The monoisotopic (exact) mass is 257 g/mol. The first-order chi connectivity index (χ1) is 9.42. The van der Waals surface area contributed by atoms with E-state index in [-0.39, 0.29) is 0 Å². The van der Waals surface area contributed by atoms with Crippen LogP contribution in [-0.4, -0.2) is 47.9 Å². The number of nitrogens with zero attached hydrogens (tertiary/aromatic N) is 2. The summed E-state index contributed by atoms with van der Waals surface area (Å²) in [6.07, 6.45) is 9.53. The van der Waals surface area contributed by atoms with E-state index in [1.54, 1.807) is 0 Å². The molecular formula is C17H25N2+. The van der Waals surface area contributed by atoms with Crippen molar-refractivity contribution in [2.75, 3.05) is 26.2 Å². The zero-order valence-electron chi connectivity index (χ0n) is 11.8. The molecule has 1 aromatic carbocycles. The first-order valence-electron chi connectivity index (χ1n) is 7.80. The Morgan fingerprint density at radius 2 is 1.63 bits per heavy atom. The maximum absolute atomic E-state index is 2.73. The van der Waals surface area contributed by atoms with E-state index in [0.29, 0.717) is 0 Å².